The topological polar surface area (TPSA) is 106 Å². The van der Waals surface area contributed by atoms with Gasteiger partial charge in [0.15, 0.2) is 5.82 Å². The fourth-order valence-corrected chi connectivity index (χ4v) is 4.11. The number of hydrogen-bond acceptors (Lipinski definition) is 6. The minimum Gasteiger partial charge on any atom is -0.337 e. The second-order valence-corrected chi connectivity index (χ2v) is 7.35. The number of nitrogens with two attached hydrogens (primary N) is 1. The molecule has 3 amide bonds. The van der Waals surface area contributed by atoms with Crippen molar-refractivity contribution in [2.24, 2.45) is 5.73 Å². The van der Waals surface area contributed by atoms with Crippen LogP contribution in [0.4, 0.5) is 4.79 Å². The van der Waals surface area contributed by atoms with Gasteiger partial charge in [0, 0.05) is 7.05 Å². The van der Waals surface area contributed by atoms with Gasteiger partial charge in [-0.25, -0.2) is 4.79 Å². The number of imide groups is 1. The molecule has 3 aliphatic rings. The van der Waals surface area contributed by atoms with E-state index in [0.717, 1.165) is 51.4 Å². The highest BCUT2D eigenvalue weighted by Gasteiger charge is 2.55. The zero-order chi connectivity index (χ0) is 16.9. The Hall–Kier alpha value is -1.67. The molecule has 3 fully saturated rings. The number of halogens is 1. The molecule has 25 heavy (non-hydrogen) atoms. The van der Waals surface area contributed by atoms with Crippen molar-refractivity contribution in [3.8, 4) is 0 Å². The summed E-state index contributed by atoms with van der Waals surface area (Å²) in [5, 5.41) is 3.95. The molecule has 0 radical (unpaired) electrons. The van der Waals surface area contributed by atoms with Crippen LogP contribution >= 0.6 is 12.4 Å². The summed E-state index contributed by atoms with van der Waals surface area (Å²) in [6, 6.07) is -0.284. The lowest BCUT2D eigenvalue weighted by atomic mass is 9.77. The van der Waals surface area contributed by atoms with Crippen molar-refractivity contribution in [1.29, 1.82) is 0 Å². The van der Waals surface area contributed by atoms with Crippen LogP contribution in [0.5, 0.6) is 0 Å². The molecule has 1 saturated heterocycles. The Morgan fingerprint density at radius 3 is 2.40 bits per heavy atom. The first-order valence-corrected chi connectivity index (χ1v) is 8.68. The predicted molar refractivity (Wildman–Crippen MR) is 90.8 cm³/mol. The first-order chi connectivity index (χ1) is 11.5. The molecule has 2 aliphatic carbocycles. The zero-order valence-electron chi connectivity index (χ0n) is 14.4. The molecule has 1 aromatic heterocycles. The third-order valence-corrected chi connectivity index (χ3v) is 5.94. The van der Waals surface area contributed by atoms with Crippen LogP contribution in [-0.4, -0.2) is 44.5 Å². The minimum absolute atomic E-state index is 0. The van der Waals surface area contributed by atoms with E-state index in [1.807, 2.05) is 0 Å². The maximum atomic E-state index is 12.9. The second-order valence-electron chi connectivity index (χ2n) is 7.35. The number of hydrogen-bond donors (Lipinski definition) is 1. The Kier molecular flexibility index (Phi) is 4.53. The van der Waals surface area contributed by atoms with Crippen molar-refractivity contribution in [2.75, 3.05) is 7.05 Å². The number of nitrogens with zero attached hydrogens (tertiary/aromatic N) is 4. The quantitative estimate of drug-likeness (QED) is 0.816. The lowest BCUT2D eigenvalue weighted by Gasteiger charge is -2.35. The maximum Gasteiger partial charge on any atom is 0.327 e. The van der Waals surface area contributed by atoms with Gasteiger partial charge in [-0.15, -0.1) is 12.4 Å². The standard InChI is InChI=1S/C16H23N5O3.ClH/c1-20-14(23)21(13(22)16(20)8-3-2-4-9-16)10-11-18-12(19-24-11)15(17)6-5-7-15;/h2-10,17H2,1H3;1H. The van der Waals surface area contributed by atoms with E-state index in [4.69, 9.17) is 10.3 Å². The first-order valence-electron chi connectivity index (χ1n) is 8.68. The second kappa shape index (κ2) is 6.25. The summed E-state index contributed by atoms with van der Waals surface area (Å²) < 4.78 is 5.25. The van der Waals surface area contributed by atoms with E-state index in [1.54, 1.807) is 11.9 Å². The summed E-state index contributed by atoms with van der Waals surface area (Å²) in [4.78, 5) is 32.7. The van der Waals surface area contributed by atoms with Gasteiger partial charge in [-0.2, -0.15) is 4.98 Å². The Bertz CT molecular complexity index is 681. The maximum absolute atomic E-state index is 12.9. The molecule has 138 valence electrons. The molecule has 0 atom stereocenters. The van der Waals surface area contributed by atoms with Crippen molar-refractivity contribution >= 4 is 24.3 Å². The molecule has 0 aromatic carbocycles. The summed E-state index contributed by atoms with van der Waals surface area (Å²) in [6.07, 6.45) is 7.23. The summed E-state index contributed by atoms with van der Waals surface area (Å²) in [6.45, 7) is 0.0207. The van der Waals surface area contributed by atoms with Gasteiger partial charge in [0.1, 0.15) is 12.1 Å². The molecular formula is C16H24ClN5O3. The first kappa shape index (κ1) is 18.1. The Labute approximate surface area is 152 Å². The van der Waals surface area contributed by atoms with E-state index < -0.39 is 11.1 Å². The van der Waals surface area contributed by atoms with E-state index in [1.165, 1.54) is 4.90 Å². The molecule has 0 unspecified atom stereocenters. The number of likely N-dealkylation sites (N-methyl/N-ethyl adjacent to an activating group) is 1. The van der Waals surface area contributed by atoms with Gasteiger partial charge < -0.3 is 15.2 Å². The number of aromatic nitrogens is 2. The molecule has 8 nitrogen and oxygen atoms in total. The number of rotatable bonds is 3. The molecule has 2 saturated carbocycles. The highest BCUT2D eigenvalue weighted by atomic mass is 35.5. The van der Waals surface area contributed by atoms with Gasteiger partial charge in [0.05, 0.1) is 5.54 Å². The Morgan fingerprint density at radius 1 is 1.12 bits per heavy atom. The van der Waals surface area contributed by atoms with Gasteiger partial charge >= 0.3 is 6.03 Å². The van der Waals surface area contributed by atoms with Crippen LogP contribution in [0.25, 0.3) is 0 Å². The average molecular weight is 370 g/mol. The van der Waals surface area contributed by atoms with E-state index in [2.05, 4.69) is 10.1 Å². The summed E-state index contributed by atoms with van der Waals surface area (Å²) in [5.41, 5.74) is 5.00. The Morgan fingerprint density at radius 2 is 1.80 bits per heavy atom. The molecule has 9 heteroatoms. The van der Waals surface area contributed by atoms with Crippen molar-refractivity contribution < 1.29 is 14.1 Å². The smallest absolute Gasteiger partial charge is 0.327 e. The highest BCUT2D eigenvalue weighted by Crippen LogP contribution is 2.40. The fourth-order valence-electron chi connectivity index (χ4n) is 4.11. The van der Waals surface area contributed by atoms with Crippen LogP contribution in [0.2, 0.25) is 0 Å². The van der Waals surface area contributed by atoms with Crippen molar-refractivity contribution in [3.63, 3.8) is 0 Å². The van der Waals surface area contributed by atoms with E-state index in [9.17, 15) is 9.59 Å². The van der Waals surface area contributed by atoms with Crippen molar-refractivity contribution in [2.45, 2.75) is 69.0 Å². The molecule has 1 aliphatic heterocycles. The lowest BCUT2D eigenvalue weighted by molar-refractivity contribution is -0.135. The Balaban J connectivity index is 0.00000182. The third-order valence-electron chi connectivity index (χ3n) is 5.94. The zero-order valence-corrected chi connectivity index (χ0v) is 15.2. The van der Waals surface area contributed by atoms with Gasteiger partial charge in [-0.1, -0.05) is 24.4 Å². The minimum atomic E-state index is -0.679. The number of urea groups is 1. The number of carbonyl (C=O) groups is 2. The molecule has 4 rings (SSSR count). The van der Waals surface area contributed by atoms with Crippen LogP contribution in [0, 0.1) is 0 Å². The SMILES string of the molecule is CN1C(=O)N(Cc2nc(C3(N)CCC3)no2)C(=O)C12CCCCC2.Cl. The van der Waals surface area contributed by atoms with Gasteiger partial charge in [0.2, 0.25) is 5.89 Å². The molecule has 2 N–H and O–H groups in total. The largest absolute Gasteiger partial charge is 0.337 e. The molecule has 1 aromatic rings. The van der Waals surface area contributed by atoms with Gasteiger partial charge in [-0.05, 0) is 32.1 Å². The summed E-state index contributed by atoms with van der Waals surface area (Å²) in [7, 11) is 1.72. The molecule has 1 spiro atoms. The molecular weight excluding hydrogens is 346 g/mol. The van der Waals surface area contributed by atoms with Gasteiger partial charge in [0.25, 0.3) is 5.91 Å². The van der Waals surface area contributed by atoms with Crippen LogP contribution in [0.15, 0.2) is 4.52 Å². The fraction of sp³-hybridized carbons (Fsp3) is 0.750. The van der Waals surface area contributed by atoms with E-state index in [0.29, 0.717) is 5.82 Å². The van der Waals surface area contributed by atoms with E-state index >= 15 is 0 Å². The molecule has 2 heterocycles. The highest BCUT2D eigenvalue weighted by molar-refractivity contribution is 6.06. The predicted octanol–water partition coefficient (Wildman–Crippen LogP) is 1.93. The van der Waals surface area contributed by atoms with Crippen LogP contribution < -0.4 is 5.73 Å². The average Bonchev–Trinajstić information content (AvgIpc) is 3.10. The van der Waals surface area contributed by atoms with E-state index in [-0.39, 0.29) is 36.8 Å². The van der Waals surface area contributed by atoms with Crippen LogP contribution in [0.1, 0.15) is 63.1 Å². The van der Waals surface area contributed by atoms with Crippen LogP contribution in [-0.2, 0) is 16.9 Å². The van der Waals surface area contributed by atoms with Crippen molar-refractivity contribution in [3.05, 3.63) is 11.7 Å². The summed E-state index contributed by atoms with van der Waals surface area (Å²) >= 11 is 0. The number of amides is 3. The summed E-state index contributed by atoms with van der Waals surface area (Å²) in [5.74, 6) is 0.605. The van der Waals surface area contributed by atoms with Crippen LogP contribution in [0.3, 0.4) is 0 Å². The number of carbonyl (C=O) groups excluding carboxylic acids is 2. The monoisotopic (exact) mass is 369 g/mol. The molecule has 0 bridgehead atoms. The van der Waals surface area contributed by atoms with Crippen molar-refractivity contribution in [1.82, 2.24) is 19.9 Å². The third kappa shape index (κ3) is 2.62. The normalized spacial score (nSPS) is 24.4. The lowest BCUT2D eigenvalue weighted by Crippen LogP contribution is -2.49. The van der Waals surface area contributed by atoms with Gasteiger partial charge in [-0.3, -0.25) is 9.69 Å².